The van der Waals surface area contributed by atoms with Crippen molar-refractivity contribution in [1.82, 2.24) is 0 Å². The van der Waals surface area contributed by atoms with Gasteiger partial charge in [-0.25, -0.2) is 38.4 Å². The van der Waals surface area contributed by atoms with Crippen molar-refractivity contribution >= 4 is 48.1 Å². The van der Waals surface area contributed by atoms with Crippen LogP contribution in [0, 0.1) is 0 Å². The summed E-state index contributed by atoms with van der Waals surface area (Å²) >= 11 is 0. The lowest BCUT2D eigenvalue weighted by Gasteiger charge is -2.17. The molecule has 0 aliphatic carbocycles. The van der Waals surface area contributed by atoms with Crippen molar-refractivity contribution < 1.29 is 95.2 Å². The molecular formula is C50H46O20. The molecule has 2 heterocycles. The van der Waals surface area contributed by atoms with Gasteiger partial charge in [0.1, 0.15) is 35.2 Å². The first-order valence-corrected chi connectivity index (χ1v) is 21.7. The summed E-state index contributed by atoms with van der Waals surface area (Å²) in [5.74, 6) is -3.35. The van der Waals surface area contributed by atoms with E-state index >= 15 is 0 Å². The molecule has 2 fully saturated rings. The number of hydrogen-bond acceptors (Lipinski definition) is 20. The second-order valence-electron chi connectivity index (χ2n) is 14.9. The molecule has 2 aliphatic rings. The van der Waals surface area contributed by atoms with Crippen LogP contribution in [0.3, 0.4) is 0 Å². The summed E-state index contributed by atoms with van der Waals surface area (Å²) < 4.78 is 63.7. The van der Waals surface area contributed by atoms with Gasteiger partial charge in [-0.15, -0.1) is 0 Å². The summed E-state index contributed by atoms with van der Waals surface area (Å²) in [5.41, 5.74) is 0.613. The molecule has 0 aromatic heterocycles. The molecule has 1 unspecified atom stereocenters. The van der Waals surface area contributed by atoms with Gasteiger partial charge in [0.05, 0.1) is 61.9 Å². The smallest absolute Gasteiger partial charge is 0.463 e. The molecule has 0 saturated carbocycles. The van der Waals surface area contributed by atoms with Gasteiger partial charge in [-0.05, 0) is 123 Å². The Kier molecular flexibility index (Phi) is 18.7. The zero-order chi connectivity index (χ0) is 49.8. The minimum absolute atomic E-state index is 0.0198. The van der Waals surface area contributed by atoms with E-state index in [9.17, 15) is 38.4 Å². The topological polar surface area (TPSA) is 247 Å². The fourth-order valence-electron chi connectivity index (χ4n) is 6.44. The van der Waals surface area contributed by atoms with E-state index in [1.54, 1.807) is 0 Å². The molecule has 0 bridgehead atoms. The third-order valence-corrected chi connectivity index (χ3v) is 10.0. The zero-order valence-corrected chi connectivity index (χ0v) is 37.4. The molecule has 4 atom stereocenters. The van der Waals surface area contributed by atoms with E-state index in [-0.39, 0.29) is 84.9 Å². The highest BCUT2D eigenvalue weighted by Crippen LogP contribution is 2.32. The Hall–Kier alpha value is -8.36. The molecule has 20 nitrogen and oxygen atoms in total. The SMILES string of the molecule is C=CC(=O)OCCCCOC(=O)Oc1ccc(C(=O)Oc2ccc(C(=O)OC3CO[C@@H]4[C@@H](OC(=O)c5ccc(OC(=O)c6ccc(OC(=O)OCCCCOC(=O)C=C)cc6)cc5)CO[C@H]34)cc2)cc1. The Morgan fingerprint density at radius 1 is 0.414 bits per heavy atom. The predicted molar refractivity (Wildman–Crippen MR) is 238 cm³/mol. The maximum Gasteiger partial charge on any atom is 0.513 e. The Morgan fingerprint density at radius 3 is 1.01 bits per heavy atom. The first-order chi connectivity index (χ1) is 33.9. The average Bonchev–Trinajstić information content (AvgIpc) is 3.96. The number of ether oxygens (including phenoxy) is 12. The second kappa shape index (κ2) is 25.7. The molecule has 0 radical (unpaired) electrons. The van der Waals surface area contributed by atoms with Gasteiger partial charge in [0.25, 0.3) is 0 Å². The Morgan fingerprint density at radius 2 is 0.700 bits per heavy atom. The van der Waals surface area contributed by atoms with Crippen LogP contribution in [0.2, 0.25) is 0 Å². The van der Waals surface area contributed by atoms with Gasteiger partial charge in [-0.2, -0.15) is 0 Å². The Bertz CT molecular complexity index is 2320. The average molecular weight is 967 g/mol. The van der Waals surface area contributed by atoms with Crippen molar-refractivity contribution in [3.05, 3.63) is 145 Å². The highest BCUT2D eigenvalue weighted by Gasteiger charge is 2.51. The molecule has 2 aliphatic heterocycles. The minimum atomic E-state index is -0.945. The van der Waals surface area contributed by atoms with Gasteiger partial charge in [0, 0.05) is 12.2 Å². The van der Waals surface area contributed by atoms with Crippen molar-refractivity contribution in [3.8, 4) is 23.0 Å². The van der Waals surface area contributed by atoms with E-state index in [0.717, 1.165) is 12.2 Å². The number of carbonyl (C=O) groups excluding carboxylic acids is 8. The van der Waals surface area contributed by atoms with Gasteiger partial charge in [-0.1, -0.05) is 13.2 Å². The summed E-state index contributed by atoms with van der Waals surface area (Å²) in [4.78, 5) is 97.6. The van der Waals surface area contributed by atoms with Gasteiger partial charge < -0.3 is 56.8 Å². The van der Waals surface area contributed by atoms with Crippen molar-refractivity contribution in [2.75, 3.05) is 39.6 Å². The molecule has 4 aromatic carbocycles. The van der Waals surface area contributed by atoms with Crippen LogP contribution in [0.5, 0.6) is 23.0 Å². The van der Waals surface area contributed by atoms with E-state index in [1.165, 1.54) is 97.1 Å². The van der Waals surface area contributed by atoms with Crippen LogP contribution in [0.1, 0.15) is 67.1 Å². The van der Waals surface area contributed by atoms with Gasteiger partial charge >= 0.3 is 48.1 Å². The third-order valence-electron chi connectivity index (χ3n) is 10.0. The summed E-state index contributed by atoms with van der Waals surface area (Å²) in [6.45, 7) is 6.98. The third kappa shape index (κ3) is 15.3. The molecule has 70 heavy (non-hydrogen) atoms. The fraction of sp³-hybridized carbons (Fsp3) is 0.280. The first kappa shape index (κ1) is 51.0. The summed E-state index contributed by atoms with van der Waals surface area (Å²) in [7, 11) is 0. The van der Waals surface area contributed by atoms with Crippen molar-refractivity contribution in [2.24, 2.45) is 0 Å². The number of unbranched alkanes of at least 4 members (excludes halogenated alkanes) is 2. The Balaban J connectivity index is 0.876. The highest BCUT2D eigenvalue weighted by atomic mass is 16.7. The maximum atomic E-state index is 13.1. The minimum Gasteiger partial charge on any atom is -0.463 e. The van der Waals surface area contributed by atoms with E-state index in [4.69, 9.17) is 56.8 Å². The number of hydrogen-bond donors (Lipinski definition) is 0. The van der Waals surface area contributed by atoms with Crippen LogP contribution >= 0.6 is 0 Å². The van der Waals surface area contributed by atoms with E-state index in [2.05, 4.69) is 13.2 Å². The van der Waals surface area contributed by atoms with Crippen LogP contribution in [0.25, 0.3) is 0 Å². The molecule has 0 amide bonds. The summed E-state index contributed by atoms with van der Waals surface area (Å²) in [6.07, 6.45) is -0.999. The van der Waals surface area contributed by atoms with Gasteiger partial charge in [-0.3, -0.25) is 0 Å². The lowest BCUT2D eigenvalue weighted by atomic mass is 10.1. The Labute approximate surface area is 399 Å². The number of rotatable bonds is 22. The number of fused-ring (bicyclic) bond motifs is 1. The highest BCUT2D eigenvalue weighted by molar-refractivity contribution is 5.93. The molecule has 20 heteroatoms. The van der Waals surface area contributed by atoms with Crippen LogP contribution in [-0.2, 0) is 47.5 Å². The number of carbonyl (C=O) groups is 8. The predicted octanol–water partition coefficient (Wildman–Crippen LogP) is 6.72. The maximum absolute atomic E-state index is 13.1. The molecule has 0 N–H and O–H groups in total. The summed E-state index contributed by atoms with van der Waals surface area (Å²) in [5, 5.41) is 0. The monoisotopic (exact) mass is 966 g/mol. The zero-order valence-electron chi connectivity index (χ0n) is 37.4. The molecule has 4 aromatic rings. The van der Waals surface area contributed by atoms with Gasteiger partial charge in [0.15, 0.2) is 12.2 Å². The normalized spacial score (nSPS) is 16.5. The van der Waals surface area contributed by atoms with Crippen molar-refractivity contribution in [3.63, 3.8) is 0 Å². The lowest BCUT2D eigenvalue weighted by Crippen LogP contribution is -2.36. The first-order valence-electron chi connectivity index (χ1n) is 21.7. The quantitative estimate of drug-likeness (QED) is 0.0198. The molecule has 2 saturated heterocycles. The lowest BCUT2D eigenvalue weighted by molar-refractivity contribution is -0.138. The van der Waals surface area contributed by atoms with Crippen LogP contribution < -0.4 is 18.9 Å². The molecule has 6 rings (SSSR count). The fourth-order valence-corrected chi connectivity index (χ4v) is 6.44. The van der Waals surface area contributed by atoms with E-state index < -0.39 is 72.5 Å². The number of esters is 6. The largest absolute Gasteiger partial charge is 0.513 e. The van der Waals surface area contributed by atoms with Crippen molar-refractivity contribution in [2.45, 2.75) is 50.1 Å². The molecular weight excluding hydrogens is 921 g/mol. The standard InChI is InChI=1S/C50H46O20/c1-3-41(51)59-25-5-7-27-61-49(57)67-37-21-13-31(14-22-37)45(53)65-35-17-9-33(10-18-35)47(55)69-39-29-63-44-40(30-64-43(39)44)70-48(56)34-11-19-36(20-12-34)66-46(54)32-15-23-38(24-16-32)68-50(58)62-28-8-6-26-60-42(52)4-2/h3-4,9-24,39-40,43-44H,1-2,5-8,25-30H2/t39-,40?,43+,44+/m0/s1. The van der Waals surface area contributed by atoms with Gasteiger partial charge in [0.2, 0.25) is 0 Å². The van der Waals surface area contributed by atoms with Crippen molar-refractivity contribution in [1.29, 1.82) is 0 Å². The summed E-state index contributed by atoms with van der Waals surface area (Å²) in [6, 6.07) is 22.4. The van der Waals surface area contributed by atoms with Crippen LogP contribution in [0.15, 0.2) is 122 Å². The number of benzene rings is 4. The van der Waals surface area contributed by atoms with E-state index in [1.807, 2.05) is 0 Å². The second-order valence-corrected chi connectivity index (χ2v) is 14.9. The molecule has 366 valence electrons. The van der Waals surface area contributed by atoms with Crippen LogP contribution in [-0.4, -0.2) is 112 Å². The molecule has 0 spiro atoms. The van der Waals surface area contributed by atoms with Crippen LogP contribution in [0.4, 0.5) is 9.59 Å². The van der Waals surface area contributed by atoms with E-state index in [0.29, 0.717) is 25.7 Å².